The molecule has 0 spiro atoms. The van der Waals surface area contributed by atoms with Crippen LogP contribution in [0.3, 0.4) is 0 Å². The zero-order chi connectivity index (χ0) is 13.3. The first-order valence-corrected chi connectivity index (χ1v) is 6.33. The minimum Gasteiger partial charge on any atom is -0.389 e. The summed E-state index contributed by atoms with van der Waals surface area (Å²) in [5, 5.41) is 9.24. The fraction of sp³-hybridized carbons (Fsp3) is 0.200. The highest BCUT2D eigenvalue weighted by Gasteiger charge is 2.16. The van der Waals surface area contributed by atoms with Crippen molar-refractivity contribution in [2.24, 2.45) is 12.8 Å². The zero-order valence-electron chi connectivity index (χ0n) is 9.80. The molecule has 0 unspecified atom stereocenters. The molecule has 0 aromatic carbocycles. The van der Waals surface area contributed by atoms with E-state index in [1.165, 1.54) is 22.2 Å². The summed E-state index contributed by atoms with van der Waals surface area (Å²) in [5.74, 6) is 0.165. The van der Waals surface area contributed by atoms with Crippen LogP contribution in [0.15, 0.2) is 11.6 Å². The maximum atomic E-state index is 12.0. The highest BCUT2D eigenvalue weighted by Crippen LogP contribution is 2.16. The second-order valence-electron chi connectivity index (χ2n) is 3.60. The van der Waals surface area contributed by atoms with E-state index in [0.717, 1.165) is 5.01 Å². The molecule has 18 heavy (non-hydrogen) atoms. The molecule has 0 saturated heterocycles. The summed E-state index contributed by atoms with van der Waals surface area (Å²) in [6, 6.07) is 0. The van der Waals surface area contributed by atoms with Crippen molar-refractivity contribution in [2.45, 2.75) is 6.92 Å². The first-order valence-electron chi connectivity index (χ1n) is 5.04. The van der Waals surface area contributed by atoms with Gasteiger partial charge >= 0.3 is 0 Å². The maximum absolute atomic E-state index is 12.0. The number of aryl methyl sites for hydroxylation is 2. The Labute approximate surface area is 113 Å². The number of aromatic nitrogens is 3. The van der Waals surface area contributed by atoms with Crippen LogP contribution >= 0.6 is 23.6 Å². The van der Waals surface area contributed by atoms with Crippen molar-refractivity contribution in [3.8, 4) is 0 Å². The highest BCUT2D eigenvalue weighted by atomic mass is 32.1. The van der Waals surface area contributed by atoms with Gasteiger partial charge in [-0.05, 0) is 6.92 Å². The number of thiazole rings is 1. The van der Waals surface area contributed by atoms with Crippen LogP contribution in [0.1, 0.15) is 21.1 Å². The lowest BCUT2D eigenvalue weighted by atomic mass is 10.3. The molecule has 2 aromatic rings. The third-order valence-corrected chi connectivity index (χ3v) is 3.28. The summed E-state index contributed by atoms with van der Waals surface area (Å²) >= 11 is 6.31. The molecular weight excluding hydrogens is 270 g/mol. The fourth-order valence-corrected chi connectivity index (χ4v) is 2.15. The van der Waals surface area contributed by atoms with Crippen molar-refractivity contribution in [2.75, 3.05) is 5.32 Å². The Bertz CT molecular complexity index is 616. The number of hydrogen-bond donors (Lipinski definition) is 2. The molecule has 94 valence electrons. The molecule has 0 saturated carbocycles. The Morgan fingerprint density at radius 2 is 2.33 bits per heavy atom. The molecule has 2 aromatic heterocycles. The average molecular weight is 281 g/mol. The van der Waals surface area contributed by atoms with Crippen molar-refractivity contribution in [3.63, 3.8) is 0 Å². The van der Waals surface area contributed by atoms with Gasteiger partial charge in [0.15, 0.2) is 0 Å². The van der Waals surface area contributed by atoms with Crippen LogP contribution < -0.4 is 11.1 Å². The number of nitrogens with one attached hydrogen (secondary N) is 1. The standard InChI is InChI=1S/C10H11N5OS2/c1-5-13-7(4-18-5)10(16)14-9-6(8(11)17)3-12-15(9)2/h3-4H,1-2H3,(H2,11,17)(H,14,16). The Morgan fingerprint density at radius 3 is 2.89 bits per heavy atom. The van der Waals surface area contributed by atoms with Crippen LogP contribution in [0, 0.1) is 6.92 Å². The lowest BCUT2D eigenvalue weighted by molar-refractivity contribution is 0.102. The Kier molecular flexibility index (Phi) is 3.39. The topological polar surface area (TPSA) is 85.8 Å². The molecule has 2 heterocycles. The summed E-state index contributed by atoms with van der Waals surface area (Å²) < 4.78 is 1.51. The van der Waals surface area contributed by atoms with Gasteiger partial charge in [-0.25, -0.2) is 4.98 Å². The minimum atomic E-state index is -0.305. The smallest absolute Gasteiger partial charge is 0.276 e. The molecule has 0 bridgehead atoms. The zero-order valence-corrected chi connectivity index (χ0v) is 11.4. The number of rotatable bonds is 3. The van der Waals surface area contributed by atoms with Gasteiger partial charge in [-0.2, -0.15) is 5.10 Å². The molecule has 0 aliphatic heterocycles. The third-order valence-electron chi connectivity index (χ3n) is 2.29. The monoisotopic (exact) mass is 281 g/mol. The van der Waals surface area contributed by atoms with E-state index in [9.17, 15) is 4.79 Å². The number of carbonyl (C=O) groups is 1. The van der Waals surface area contributed by atoms with E-state index in [2.05, 4.69) is 15.4 Å². The Balaban J connectivity index is 2.27. The SMILES string of the molecule is Cc1nc(C(=O)Nc2c(C(N)=S)cnn2C)cs1. The van der Waals surface area contributed by atoms with Gasteiger partial charge in [0.1, 0.15) is 16.5 Å². The van der Waals surface area contributed by atoms with Crippen LogP contribution in [-0.2, 0) is 7.05 Å². The Morgan fingerprint density at radius 1 is 1.61 bits per heavy atom. The van der Waals surface area contributed by atoms with Crippen LogP contribution in [0.2, 0.25) is 0 Å². The van der Waals surface area contributed by atoms with E-state index < -0.39 is 0 Å². The van der Waals surface area contributed by atoms with Gasteiger partial charge in [0.2, 0.25) is 0 Å². The van der Waals surface area contributed by atoms with Crippen molar-refractivity contribution in [1.82, 2.24) is 14.8 Å². The van der Waals surface area contributed by atoms with Crippen molar-refractivity contribution in [1.29, 1.82) is 0 Å². The number of hydrogen-bond acceptors (Lipinski definition) is 5. The highest BCUT2D eigenvalue weighted by molar-refractivity contribution is 7.80. The van der Waals surface area contributed by atoms with Crippen molar-refractivity contribution < 1.29 is 4.79 Å². The van der Waals surface area contributed by atoms with Gasteiger partial charge < -0.3 is 11.1 Å². The molecule has 8 heteroatoms. The number of anilines is 1. The number of carbonyl (C=O) groups excluding carboxylic acids is 1. The largest absolute Gasteiger partial charge is 0.389 e. The molecule has 0 atom stereocenters. The van der Waals surface area contributed by atoms with Gasteiger partial charge in [-0.15, -0.1) is 11.3 Å². The molecule has 0 fully saturated rings. The number of amides is 1. The van der Waals surface area contributed by atoms with Gasteiger partial charge in [0.05, 0.1) is 16.8 Å². The predicted octanol–water partition coefficient (Wildman–Crippen LogP) is 1.07. The summed E-state index contributed by atoms with van der Waals surface area (Å²) in [5.41, 5.74) is 6.46. The van der Waals surface area contributed by atoms with Crippen LogP contribution in [-0.4, -0.2) is 25.7 Å². The van der Waals surface area contributed by atoms with Crippen LogP contribution in [0.4, 0.5) is 5.82 Å². The lowest BCUT2D eigenvalue weighted by Gasteiger charge is -2.06. The van der Waals surface area contributed by atoms with Gasteiger partial charge in [-0.3, -0.25) is 9.48 Å². The molecule has 0 aliphatic rings. The van der Waals surface area contributed by atoms with Crippen LogP contribution in [0.25, 0.3) is 0 Å². The van der Waals surface area contributed by atoms with Gasteiger partial charge in [-0.1, -0.05) is 12.2 Å². The van der Waals surface area contributed by atoms with Gasteiger partial charge in [0.25, 0.3) is 5.91 Å². The molecular formula is C10H11N5OS2. The number of nitrogens with zero attached hydrogens (tertiary/aromatic N) is 3. The van der Waals surface area contributed by atoms with E-state index >= 15 is 0 Å². The number of thiocarbonyl (C=S) groups is 1. The van der Waals surface area contributed by atoms with E-state index in [-0.39, 0.29) is 10.9 Å². The van der Waals surface area contributed by atoms with E-state index in [1.807, 2.05) is 6.92 Å². The lowest BCUT2D eigenvalue weighted by Crippen LogP contribution is -2.19. The number of nitrogens with two attached hydrogens (primary N) is 1. The average Bonchev–Trinajstić information content (AvgIpc) is 2.87. The molecule has 6 nitrogen and oxygen atoms in total. The maximum Gasteiger partial charge on any atom is 0.276 e. The summed E-state index contributed by atoms with van der Waals surface area (Å²) in [6.45, 7) is 1.84. The van der Waals surface area contributed by atoms with Crippen molar-refractivity contribution in [3.05, 3.63) is 27.8 Å². The minimum absolute atomic E-state index is 0.188. The molecule has 2 rings (SSSR count). The molecule has 0 aliphatic carbocycles. The first kappa shape index (κ1) is 12.7. The molecule has 0 radical (unpaired) electrons. The second kappa shape index (κ2) is 4.83. The second-order valence-corrected chi connectivity index (χ2v) is 5.10. The molecule has 1 amide bonds. The van der Waals surface area contributed by atoms with Crippen LogP contribution in [0.5, 0.6) is 0 Å². The summed E-state index contributed by atoms with van der Waals surface area (Å²) in [7, 11) is 1.70. The summed E-state index contributed by atoms with van der Waals surface area (Å²) in [6.07, 6.45) is 1.52. The molecule has 3 N–H and O–H groups in total. The quantitative estimate of drug-likeness (QED) is 0.822. The normalized spacial score (nSPS) is 10.3. The van der Waals surface area contributed by atoms with E-state index in [4.69, 9.17) is 18.0 Å². The third kappa shape index (κ3) is 2.39. The first-order chi connectivity index (χ1) is 8.49. The van der Waals surface area contributed by atoms with E-state index in [1.54, 1.807) is 12.4 Å². The predicted molar refractivity (Wildman–Crippen MR) is 73.9 cm³/mol. The fourth-order valence-electron chi connectivity index (χ4n) is 1.41. The van der Waals surface area contributed by atoms with Crippen molar-refractivity contribution >= 4 is 40.3 Å². The Hall–Kier alpha value is -1.80. The van der Waals surface area contributed by atoms with E-state index in [0.29, 0.717) is 17.1 Å². The van der Waals surface area contributed by atoms with Gasteiger partial charge in [0, 0.05) is 12.4 Å². The summed E-state index contributed by atoms with van der Waals surface area (Å²) in [4.78, 5) is 16.3.